The fourth-order valence-electron chi connectivity index (χ4n) is 1.88. The smallest absolute Gasteiger partial charge is 0.264 e. The van der Waals surface area contributed by atoms with Gasteiger partial charge in [-0.2, -0.15) is 8.42 Å². The summed E-state index contributed by atoms with van der Waals surface area (Å²) in [4.78, 5) is 0. The molecule has 1 aliphatic rings. The van der Waals surface area contributed by atoms with E-state index in [0.717, 1.165) is 12.8 Å². The lowest BCUT2D eigenvalue weighted by Crippen LogP contribution is -2.29. The van der Waals surface area contributed by atoms with Gasteiger partial charge in [0.1, 0.15) is 0 Å². The van der Waals surface area contributed by atoms with Crippen LogP contribution in [0.1, 0.15) is 39.5 Å². The molecule has 1 saturated carbocycles. The largest absolute Gasteiger partial charge is 0.397 e. The molecular formula is C8H16O4S. The van der Waals surface area contributed by atoms with Gasteiger partial charge in [0.05, 0.1) is 6.10 Å². The van der Waals surface area contributed by atoms with Gasteiger partial charge in [0, 0.05) is 0 Å². The average molecular weight is 208 g/mol. The summed E-state index contributed by atoms with van der Waals surface area (Å²) in [6, 6.07) is 0. The molecule has 1 rings (SSSR count). The Morgan fingerprint density at radius 2 is 2.08 bits per heavy atom. The second kappa shape index (κ2) is 3.55. The van der Waals surface area contributed by atoms with Crippen molar-refractivity contribution in [2.45, 2.75) is 45.6 Å². The van der Waals surface area contributed by atoms with Crippen LogP contribution in [0.4, 0.5) is 0 Å². The summed E-state index contributed by atoms with van der Waals surface area (Å²) in [5.74, 6) is 0. The van der Waals surface area contributed by atoms with Crippen LogP contribution in [0.25, 0.3) is 0 Å². The van der Waals surface area contributed by atoms with E-state index in [2.05, 4.69) is 18.0 Å². The lowest BCUT2D eigenvalue weighted by molar-refractivity contribution is 0.0800. The maximum absolute atomic E-state index is 10.4. The zero-order valence-corrected chi connectivity index (χ0v) is 8.80. The summed E-state index contributed by atoms with van der Waals surface area (Å²) in [6.07, 6.45) is 3.08. The van der Waals surface area contributed by atoms with Crippen molar-refractivity contribution >= 4 is 10.4 Å². The molecule has 0 amide bonds. The summed E-state index contributed by atoms with van der Waals surface area (Å²) in [5, 5.41) is 0. The second-order valence-electron chi connectivity index (χ2n) is 4.41. The Hall–Kier alpha value is -0.130. The fourth-order valence-corrected chi connectivity index (χ4v) is 2.39. The molecule has 0 aromatic heterocycles. The minimum Gasteiger partial charge on any atom is -0.264 e. The molecule has 5 heteroatoms. The SMILES string of the molecule is CC1(C)CCCC(OS(=O)(=O)O)C1. The zero-order valence-electron chi connectivity index (χ0n) is 7.99. The van der Waals surface area contributed by atoms with Gasteiger partial charge in [-0.05, 0) is 24.7 Å². The fraction of sp³-hybridized carbons (Fsp3) is 1.00. The highest BCUT2D eigenvalue weighted by Gasteiger charge is 2.30. The molecule has 1 aliphatic carbocycles. The third kappa shape index (κ3) is 4.06. The minimum absolute atomic E-state index is 0.119. The predicted octanol–water partition coefficient (Wildman–Crippen LogP) is 1.77. The van der Waals surface area contributed by atoms with Crippen LogP contribution in [0, 0.1) is 5.41 Å². The lowest BCUT2D eigenvalue weighted by atomic mass is 9.76. The molecule has 0 aromatic rings. The van der Waals surface area contributed by atoms with Gasteiger partial charge in [0.2, 0.25) is 0 Å². The molecule has 1 unspecified atom stereocenters. The molecule has 0 aromatic carbocycles. The average Bonchev–Trinajstić information content (AvgIpc) is 1.79. The Bertz CT molecular complexity index is 268. The van der Waals surface area contributed by atoms with Crippen molar-refractivity contribution < 1.29 is 17.2 Å². The number of hydrogen-bond donors (Lipinski definition) is 1. The normalized spacial score (nSPS) is 28.7. The summed E-state index contributed by atoms with van der Waals surface area (Å²) in [6.45, 7) is 4.15. The second-order valence-corrected chi connectivity index (χ2v) is 5.45. The molecule has 1 fully saturated rings. The van der Waals surface area contributed by atoms with E-state index in [9.17, 15) is 8.42 Å². The van der Waals surface area contributed by atoms with E-state index in [-0.39, 0.29) is 11.5 Å². The number of rotatable bonds is 2. The molecule has 0 heterocycles. The molecule has 0 spiro atoms. The third-order valence-electron chi connectivity index (χ3n) is 2.42. The van der Waals surface area contributed by atoms with E-state index in [1.54, 1.807) is 0 Å². The third-order valence-corrected chi connectivity index (χ3v) is 2.93. The van der Waals surface area contributed by atoms with Gasteiger partial charge in [-0.1, -0.05) is 20.3 Å². The molecule has 0 aliphatic heterocycles. The van der Waals surface area contributed by atoms with Crippen molar-refractivity contribution in [1.29, 1.82) is 0 Å². The molecule has 1 N–H and O–H groups in total. The summed E-state index contributed by atoms with van der Waals surface area (Å²) >= 11 is 0. The van der Waals surface area contributed by atoms with Crippen molar-refractivity contribution in [2.24, 2.45) is 5.41 Å². The Morgan fingerprint density at radius 1 is 1.46 bits per heavy atom. The van der Waals surface area contributed by atoms with Crippen LogP contribution < -0.4 is 0 Å². The van der Waals surface area contributed by atoms with E-state index in [4.69, 9.17) is 4.55 Å². The first-order valence-electron chi connectivity index (χ1n) is 4.44. The predicted molar refractivity (Wildman–Crippen MR) is 48.7 cm³/mol. The highest BCUT2D eigenvalue weighted by molar-refractivity contribution is 7.80. The van der Waals surface area contributed by atoms with Crippen molar-refractivity contribution in [3.8, 4) is 0 Å². The first-order chi connectivity index (χ1) is 5.79. The minimum atomic E-state index is -4.27. The van der Waals surface area contributed by atoms with Crippen LogP contribution >= 0.6 is 0 Å². The Kier molecular flexibility index (Phi) is 2.99. The standard InChI is InChI=1S/C8H16O4S/c1-8(2)5-3-4-7(6-8)12-13(9,10)11/h7H,3-6H2,1-2H3,(H,9,10,11). The molecule has 0 radical (unpaired) electrons. The maximum Gasteiger partial charge on any atom is 0.397 e. The topological polar surface area (TPSA) is 63.6 Å². The first kappa shape index (κ1) is 10.9. The van der Waals surface area contributed by atoms with Gasteiger partial charge < -0.3 is 0 Å². The van der Waals surface area contributed by atoms with Crippen LogP contribution in [0.3, 0.4) is 0 Å². The van der Waals surface area contributed by atoms with E-state index >= 15 is 0 Å². The Morgan fingerprint density at radius 3 is 2.54 bits per heavy atom. The zero-order chi connectivity index (χ0) is 10.1. The molecule has 13 heavy (non-hydrogen) atoms. The molecule has 4 nitrogen and oxygen atoms in total. The van der Waals surface area contributed by atoms with Crippen LogP contribution in [-0.2, 0) is 14.6 Å². The van der Waals surface area contributed by atoms with Crippen molar-refractivity contribution in [2.75, 3.05) is 0 Å². The van der Waals surface area contributed by atoms with Gasteiger partial charge in [-0.3, -0.25) is 4.55 Å². The van der Waals surface area contributed by atoms with Gasteiger partial charge in [0.15, 0.2) is 0 Å². The monoisotopic (exact) mass is 208 g/mol. The summed E-state index contributed by atoms with van der Waals surface area (Å²) in [7, 11) is -4.27. The van der Waals surface area contributed by atoms with E-state index < -0.39 is 10.4 Å². The number of hydrogen-bond acceptors (Lipinski definition) is 3. The van der Waals surface area contributed by atoms with E-state index in [1.807, 2.05) is 0 Å². The van der Waals surface area contributed by atoms with Crippen LogP contribution in [0.15, 0.2) is 0 Å². The highest BCUT2D eigenvalue weighted by atomic mass is 32.3. The van der Waals surface area contributed by atoms with Gasteiger partial charge in [-0.25, -0.2) is 4.18 Å². The summed E-state index contributed by atoms with van der Waals surface area (Å²) < 4.78 is 33.9. The van der Waals surface area contributed by atoms with E-state index in [1.165, 1.54) is 0 Å². The van der Waals surface area contributed by atoms with Crippen molar-refractivity contribution in [3.05, 3.63) is 0 Å². The van der Waals surface area contributed by atoms with E-state index in [0.29, 0.717) is 12.8 Å². The molecular weight excluding hydrogens is 192 g/mol. The van der Waals surface area contributed by atoms with Crippen LogP contribution in [0.5, 0.6) is 0 Å². The molecule has 0 bridgehead atoms. The molecule has 78 valence electrons. The van der Waals surface area contributed by atoms with Crippen molar-refractivity contribution in [1.82, 2.24) is 0 Å². The van der Waals surface area contributed by atoms with Gasteiger partial charge in [-0.15, -0.1) is 0 Å². The molecule has 1 atom stereocenters. The maximum atomic E-state index is 10.4. The van der Waals surface area contributed by atoms with Gasteiger partial charge in [0.25, 0.3) is 0 Å². The molecule has 0 saturated heterocycles. The summed E-state index contributed by atoms with van der Waals surface area (Å²) in [5.41, 5.74) is 0.119. The highest BCUT2D eigenvalue weighted by Crippen LogP contribution is 2.36. The Balaban J connectivity index is 2.53. The quantitative estimate of drug-likeness (QED) is 0.702. The van der Waals surface area contributed by atoms with Crippen molar-refractivity contribution in [3.63, 3.8) is 0 Å². The lowest BCUT2D eigenvalue weighted by Gasteiger charge is -2.33. The first-order valence-corrected chi connectivity index (χ1v) is 5.81. The van der Waals surface area contributed by atoms with Gasteiger partial charge >= 0.3 is 10.4 Å². The van der Waals surface area contributed by atoms with Crippen LogP contribution in [0.2, 0.25) is 0 Å². The van der Waals surface area contributed by atoms with Crippen LogP contribution in [-0.4, -0.2) is 19.1 Å². The Labute approximate surface area is 79.2 Å².